The maximum Gasteiger partial charge on any atom is 0.254 e. The fourth-order valence-corrected chi connectivity index (χ4v) is 3.87. The molecule has 6 heteroatoms. The predicted octanol–water partition coefficient (Wildman–Crippen LogP) is 2.39. The first-order valence-electron chi connectivity index (χ1n) is 7.16. The second-order valence-electron chi connectivity index (χ2n) is 5.54. The van der Waals surface area contributed by atoms with Crippen LogP contribution in [0.5, 0.6) is 0 Å². The molecule has 116 valence electrons. The number of likely N-dealkylation sites (N-methyl/N-ethyl adjacent to an activating group) is 1. The third kappa shape index (κ3) is 2.98. The number of fused-ring (bicyclic) bond motifs is 1. The van der Waals surface area contributed by atoms with Gasteiger partial charge in [-0.2, -0.15) is 0 Å². The smallest absolute Gasteiger partial charge is 0.254 e. The number of carbonyl (C=O) groups excluding carboxylic acids is 1. The van der Waals surface area contributed by atoms with Gasteiger partial charge in [-0.15, -0.1) is 11.3 Å². The number of nitrogen functional groups attached to an aromatic ring is 1. The Hall–Kier alpha value is -1.92. The van der Waals surface area contributed by atoms with E-state index in [0.29, 0.717) is 17.1 Å². The lowest BCUT2D eigenvalue weighted by atomic mass is 10.0. The van der Waals surface area contributed by atoms with Gasteiger partial charge in [-0.1, -0.05) is 12.1 Å². The highest BCUT2D eigenvalue weighted by Crippen LogP contribution is 2.34. The minimum absolute atomic E-state index is 0.149. The van der Waals surface area contributed by atoms with Gasteiger partial charge in [0.2, 0.25) is 0 Å². The van der Waals surface area contributed by atoms with Crippen LogP contribution in [0.1, 0.15) is 26.4 Å². The molecule has 0 saturated carbocycles. The van der Waals surface area contributed by atoms with Crippen LogP contribution in [0.25, 0.3) is 0 Å². The van der Waals surface area contributed by atoms with Crippen molar-refractivity contribution in [1.29, 1.82) is 0 Å². The lowest BCUT2D eigenvalue weighted by molar-refractivity contribution is 0.0950. The van der Waals surface area contributed by atoms with E-state index in [0.717, 1.165) is 30.6 Å². The topological polar surface area (TPSA) is 58.4 Å². The molecule has 0 fully saturated rings. The largest absolute Gasteiger partial charge is 0.390 e. The summed E-state index contributed by atoms with van der Waals surface area (Å²) in [5.41, 5.74) is 8.61. The first-order valence-corrected chi connectivity index (χ1v) is 7.97. The molecule has 1 aliphatic rings. The summed E-state index contributed by atoms with van der Waals surface area (Å²) in [6, 6.07) is 6.10. The summed E-state index contributed by atoms with van der Waals surface area (Å²) in [5.74, 6) is -0.431. The summed E-state index contributed by atoms with van der Waals surface area (Å²) in [7, 11) is 2.06. The Labute approximate surface area is 132 Å². The Kier molecular flexibility index (Phi) is 4.13. The Morgan fingerprint density at radius 2 is 2.14 bits per heavy atom. The number of nitrogens with zero attached hydrogens (tertiary/aromatic N) is 1. The Morgan fingerprint density at radius 1 is 1.41 bits per heavy atom. The van der Waals surface area contributed by atoms with Gasteiger partial charge in [0, 0.05) is 24.5 Å². The number of carbonyl (C=O) groups is 1. The molecule has 1 amide bonds. The molecular weight excluding hydrogens is 301 g/mol. The van der Waals surface area contributed by atoms with Crippen molar-refractivity contribution in [3.63, 3.8) is 0 Å². The molecule has 2 aromatic rings. The molecule has 22 heavy (non-hydrogen) atoms. The van der Waals surface area contributed by atoms with E-state index in [4.69, 9.17) is 5.73 Å². The molecule has 2 heterocycles. The zero-order valence-corrected chi connectivity index (χ0v) is 13.2. The van der Waals surface area contributed by atoms with Gasteiger partial charge < -0.3 is 16.0 Å². The van der Waals surface area contributed by atoms with Gasteiger partial charge in [0.05, 0.1) is 10.6 Å². The number of anilines is 1. The maximum absolute atomic E-state index is 12.9. The number of hydrogen-bond donors (Lipinski definition) is 2. The van der Waals surface area contributed by atoms with Crippen LogP contribution in [0.15, 0.2) is 24.3 Å². The fraction of sp³-hybridized carbons (Fsp3) is 0.312. The van der Waals surface area contributed by atoms with Crippen LogP contribution < -0.4 is 11.1 Å². The molecule has 0 unspecified atom stereocenters. The molecule has 0 aliphatic carbocycles. The standard InChI is InChI=1S/C16H18FN3OS/c1-20-7-6-12-13(9-20)22-15(18)14(12)16(21)19-8-10-2-4-11(17)5-3-10/h2-5H,6-9,18H2,1H3,(H,19,21). The van der Waals surface area contributed by atoms with E-state index in [9.17, 15) is 9.18 Å². The van der Waals surface area contributed by atoms with Crippen LogP contribution >= 0.6 is 11.3 Å². The Bertz CT molecular complexity index is 696. The summed E-state index contributed by atoms with van der Waals surface area (Å²) in [4.78, 5) is 15.8. The number of hydrogen-bond acceptors (Lipinski definition) is 4. The van der Waals surface area contributed by atoms with E-state index in [1.165, 1.54) is 28.3 Å². The highest BCUT2D eigenvalue weighted by molar-refractivity contribution is 7.16. The van der Waals surface area contributed by atoms with Crippen LogP contribution in [0.2, 0.25) is 0 Å². The van der Waals surface area contributed by atoms with Crippen LogP contribution in [0.4, 0.5) is 9.39 Å². The van der Waals surface area contributed by atoms with Crippen LogP contribution in [-0.2, 0) is 19.5 Å². The lowest BCUT2D eigenvalue weighted by Crippen LogP contribution is -2.28. The van der Waals surface area contributed by atoms with E-state index in [2.05, 4.69) is 17.3 Å². The van der Waals surface area contributed by atoms with Gasteiger partial charge in [0.25, 0.3) is 5.91 Å². The van der Waals surface area contributed by atoms with Crippen LogP contribution in [0.3, 0.4) is 0 Å². The van der Waals surface area contributed by atoms with E-state index < -0.39 is 0 Å². The molecule has 0 atom stereocenters. The second-order valence-corrected chi connectivity index (χ2v) is 6.68. The quantitative estimate of drug-likeness (QED) is 0.913. The van der Waals surface area contributed by atoms with Crippen molar-refractivity contribution in [1.82, 2.24) is 10.2 Å². The molecule has 1 aliphatic heterocycles. The van der Waals surface area contributed by atoms with E-state index in [1.54, 1.807) is 12.1 Å². The number of nitrogens with two attached hydrogens (primary N) is 1. The second kappa shape index (κ2) is 6.06. The average molecular weight is 319 g/mol. The number of halogens is 1. The van der Waals surface area contributed by atoms with Crippen molar-refractivity contribution >= 4 is 22.2 Å². The van der Waals surface area contributed by atoms with Crippen molar-refractivity contribution in [2.45, 2.75) is 19.5 Å². The van der Waals surface area contributed by atoms with Gasteiger partial charge in [-0.25, -0.2) is 4.39 Å². The Balaban J connectivity index is 1.74. The highest BCUT2D eigenvalue weighted by atomic mass is 32.1. The van der Waals surface area contributed by atoms with Crippen molar-refractivity contribution in [3.05, 3.63) is 51.7 Å². The summed E-state index contributed by atoms with van der Waals surface area (Å²) in [6.07, 6.45) is 0.846. The van der Waals surface area contributed by atoms with Gasteiger partial charge in [0.1, 0.15) is 5.82 Å². The monoisotopic (exact) mass is 319 g/mol. The molecular formula is C16H18FN3OS. The molecule has 0 saturated heterocycles. The predicted molar refractivity (Wildman–Crippen MR) is 86.3 cm³/mol. The van der Waals surface area contributed by atoms with Crippen LogP contribution in [-0.4, -0.2) is 24.4 Å². The number of thiophene rings is 1. The third-order valence-corrected chi connectivity index (χ3v) is 4.91. The summed E-state index contributed by atoms with van der Waals surface area (Å²) < 4.78 is 12.9. The van der Waals surface area contributed by atoms with Crippen LogP contribution in [0, 0.1) is 5.82 Å². The van der Waals surface area contributed by atoms with Crippen molar-refractivity contribution in [2.75, 3.05) is 19.3 Å². The molecule has 1 aromatic heterocycles. The minimum atomic E-state index is -0.282. The molecule has 1 aromatic carbocycles. The normalized spacial score (nSPS) is 14.6. The van der Waals surface area contributed by atoms with E-state index in [-0.39, 0.29) is 11.7 Å². The molecule has 4 nitrogen and oxygen atoms in total. The first kappa shape index (κ1) is 15.0. The average Bonchev–Trinajstić information content (AvgIpc) is 2.81. The molecule has 0 spiro atoms. The number of amides is 1. The molecule has 0 bridgehead atoms. The fourth-order valence-electron chi connectivity index (χ4n) is 2.67. The van der Waals surface area contributed by atoms with E-state index in [1.807, 2.05) is 0 Å². The van der Waals surface area contributed by atoms with Gasteiger partial charge >= 0.3 is 0 Å². The molecule has 0 radical (unpaired) electrons. The number of rotatable bonds is 3. The summed E-state index contributed by atoms with van der Waals surface area (Å²) in [5, 5.41) is 3.46. The van der Waals surface area contributed by atoms with E-state index >= 15 is 0 Å². The zero-order valence-electron chi connectivity index (χ0n) is 12.4. The molecule has 3 rings (SSSR count). The van der Waals surface area contributed by atoms with Crippen molar-refractivity contribution < 1.29 is 9.18 Å². The third-order valence-electron chi connectivity index (χ3n) is 3.87. The first-order chi connectivity index (χ1) is 10.5. The molecule has 3 N–H and O–H groups in total. The van der Waals surface area contributed by atoms with Crippen molar-refractivity contribution in [2.24, 2.45) is 0 Å². The zero-order chi connectivity index (χ0) is 15.7. The number of benzene rings is 1. The number of nitrogens with one attached hydrogen (secondary N) is 1. The highest BCUT2D eigenvalue weighted by Gasteiger charge is 2.25. The van der Waals surface area contributed by atoms with Gasteiger partial charge in [0.15, 0.2) is 0 Å². The maximum atomic E-state index is 12.9. The Morgan fingerprint density at radius 3 is 2.86 bits per heavy atom. The van der Waals surface area contributed by atoms with Gasteiger partial charge in [-0.05, 0) is 36.7 Å². The van der Waals surface area contributed by atoms with Gasteiger partial charge in [-0.3, -0.25) is 4.79 Å². The summed E-state index contributed by atoms with van der Waals surface area (Å²) in [6.45, 7) is 2.14. The van der Waals surface area contributed by atoms with Crippen molar-refractivity contribution in [3.8, 4) is 0 Å². The lowest BCUT2D eigenvalue weighted by Gasteiger charge is -2.22. The minimum Gasteiger partial charge on any atom is -0.390 e. The SMILES string of the molecule is CN1CCc2c(sc(N)c2C(=O)NCc2ccc(F)cc2)C1. The summed E-state index contributed by atoms with van der Waals surface area (Å²) >= 11 is 1.50.